The number of rotatable bonds is 8. The van der Waals surface area contributed by atoms with Crippen molar-refractivity contribution in [2.75, 3.05) is 18.5 Å². The van der Waals surface area contributed by atoms with Gasteiger partial charge in [0.1, 0.15) is 28.5 Å². The lowest BCUT2D eigenvalue weighted by molar-refractivity contribution is 0.0922. The maximum atomic E-state index is 15.2. The van der Waals surface area contributed by atoms with E-state index in [1.165, 1.54) is 54.4 Å². The summed E-state index contributed by atoms with van der Waals surface area (Å²) in [7, 11) is 1.48. The molecule has 2 aromatic heterocycles. The van der Waals surface area contributed by atoms with Crippen molar-refractivity contribution < 1.29 is 22.8 Å². The molecule has 1 aliphatic carbocycles. The van der Waals surface area contributed by atoms with Gasteiger partial charge in [-0.15, -0.1) is 0 Å². The summed E-state index contributed by atoms with van der Waals surface area (Å²) >= 11 is 0. The number of hydrogen-bond donors (Lipinski definition) is 2. The summed E-state index contributed by atoms with van der Waals surface area (Å²) in [6.45, 7) is 2.10. The highest BCUT2D eigenvalue weighted by Gasteiger charge is 2.48. The number of hydrogen-bond acceptors (Lipinski definition) is 7. The molecule has 1 fully saturated rings. The molecule has 2 amide bonds. The predicted octanol–water partition coefficient (Wildman–Crippen LogP) is 5.92. The molecule has 1 saturated carbocycles. The molecule has 2 N–H and O–H groups in total. The van der Waals surface area contributed by atoms with Crippen molar-refractivity contribution >= 4 is 28.5 Å². The highest BCUT2D eigenvalue weighted by Crippen LogP contribution is 2.44. The van der Waals surface area contributed by atoms with Gasteiger partial charge in [-0.05, 0) is 73.9 Å². The molecule has 2 heterocycles. The molecule has 1 aliphatic rings. The van der Waals surface area contributed by atoms with Gasteiger partial charge in [0, 0.05) is 48.6 Å². The molecule has 0 unspecified atom stereocenters. The average Bonchev–Trinajstić information content (AvgIpc) is 3.73. The molecule has 0 radical (unpaired) electrons. The van der Waals surface area contributed by atoms with Gasteiger partial charge >= 0.3 is 0 Å². The molecule has 220 valence electrons. The SMILES string of the molecule is CCN(C#N)c1cc2oc(-c3ccc(F)cc3)c(C(=O)NC)c2cc1-c1ccc(F)c(C(=O)NC2(c3ncccn3)CC2)c1. The van der Waals surface area contributed by atoms with Crippen LogP contribution in [0.3, 0.4) is 0 Å². The number of halogens is 2. The molecule has 0 saturated heterocycles. The normalized spacial score (nSPS) is 13.2. The molecule has 9 nitrogen and oxygen atoms in total. The largest absolute Gasteiger partial charge is 0.455 e. The first-order chi connectivity index (χ1) is 21.3. The lowest BCUT2D eigenvalue weighted by atomic mass is 9.96. The number of nitrogens with one attached hydrogen (secondary N) is 2. The molecule has 0 aliphatic heterocycles. The van der Waals surface area contributed by atoms with E-state index in [9.17, 15) is 19.2 Å². The standard InChI is InChI=1S/C33H26F2N6O3/c1-3-41(18-36)26-17-27-24(28(31(43)37-2)29(44-27)19-5-8-21(34)9-6-19)16-22(26)20-7-10-25(35)23(15-20)30(42)40-33(11-12-33)32-38-13-4-14-39-32/h4-10,13-17H,3,11-12H2,1-2H3,(H,37,43)(H,40,42). The maximum Gasteiger partial charge on any atom is 0.255 e. The second kappa shape index (κ2) is 11.2. The van der Waals surface area contributed by atoms with E-state index in [2.05, 4.69) is 26.8 Å². The summed E-state index contributed by atoms with van der Waals surface area (Å²) in [6, 6.07) is 14.7. The first kappa shape index (κ1) is 28.5. The minimum Gasteiger partial charge on any atom is -0.455 e. The van der Waals surface area contributed by atoms with Crippen LogP contribution < -0.4 is 15.5 Å². The summed E-state index contributed by atoms with van der Waals surface area (Å²) in [4.78, 5) is 36.5. The molecule has 0 bridgehead atoms. The van der Waals surface area contributed by atoms with Gasteiger partial charge in [-0.3, -0.25) is 14.5 Å². The van der Waals surface area contributed by atoms with Gasteiger partial charge in [0.2, 0.25) is 0 Å². The van der Waals surface area contributed by atoms with E-state index in [1.807, 2.05) is 0 Å². The van der Waals surface area contributed by atoms with Crippen molar-refractivity contribution in [2.45, 2.75) is 25.3 Å². The van der Waals surface area contributed by atoms with Crippen LogP contribution in [-0.4, -0.2) is 35.4 Å². The van der Waals surface area contributed by atoms with E-state index >= 15 is 4.39 Å². The van der Waals surface area contributed by atoms with Crippen molar-refractivity contribution in [3.63, 3.8) is 0 Å². The Morgan fingerprint density at radius 2 is 1.73 bits per heavy atom. The second-order valence-corrected chi connectivity index (χ2v) is 10.4. The molecule has 6 rings (SSSR count). The number of carbonyl (C=O) groups excluding carboxylic acids is 2. The van der Waals surface area contributed by atoms with Gasteiger partial charge in [0.25, 0.3) is 11.8 Å². The molecule has 3 aromatic carbocycles. The molecular formula is C33H26F2N6O3. The quantitative estimate of drug-likeness (QED) is 0.169. The topological polar surface area (TPSA) is 124 Å². The van der Waals surface area contributed by atoms with Crippen LogP contribution in [0.4, 0.5) is 14.5 Å². The van der Waals surface area contributed by atoms with Gasteiger partial charge < -0.3 is 15.1 Å². The predicted molar refractivity (Wildman–Crippen MR) is 159 cm³/mol. The number of aromatic nitrogens is 2. The number of anilines is 1. The Balaban J connectivity index is 1.50. The fourth-order valence-electron chi connectivity index (χ4n) is 5.26. The van der Waals surface area contributed by atoms with Crippen LogP contribution in [-0.2, 0) is 5.54 Å². The zero-order chi connectivity index (χ0) is 31.0. The molecule has 5 aromatic rings. The molecule has 0 spiro atoms. The van der Waals surface area contributed by atoms with E-state index < -0.39 is 29.0 Å². The number of carbonyl (C=O) groups is 2. The highest BCUT2D eigenvalue weighted by atomic mass is 19.1. The molecular weight excluding hydrogens is 566 g/mol. The smallest absolute Gasteiger partial charge is 0.255 e. The Labute approximate surface area is 251 Å². The van der Waals surface area contributed by atoms with Gasteiger partial charge in [-0.2, -0.15) is 5.26 Å². The van der Waals surface area contributed by atoms with Crippen LogP contribution in [0.25, 0.3) is 33.4 Å². The molecule has 0 atom stereocenters. The third kappa shape index (κ3) is 5.00. The lowest BCUT2D eigenvalue weighted by Crippen LogP contribution is -2.36. The zero-order valence-corrected chi connectivity index (χ0v) is 23.8. The number of nitriles is 1. The maximum absolute atomic E-state index is 15.2. The molecule has 11 heteroatoms. The van der Waals surface area contributed by atoms with Crippen molar-refractivity contribution in [1.82, 2.24) is 20.6 Å². The van der Waals surface area contributed by atoms with Gasteiger partial charge in [-0.1, -0.05) is 6.07 Å². The van der Waals surface area contributed by atoms with Crippen LogP contribution in [0.2, 0.25) is 0 Å². The second-order valence-electron chi connectivity index (χ2n) is 10.4. The van der Waals surface area contributed by atoms with E-state index in [4.69, 9.17) is 4.42 Å². The monoisotopic (exact) mass is 592 g/mol. The van der Waals surface area contributed by atoms with Gasteiger partial charge in [-0.25, -0.2) is 18.7 Å². The Morgan fingerprint density at radius 1 is 1.02 bits per heavy atom. The zero-order valence-electron chi connectivity index (χ0n) is 23.8. The summed E-state index contributed by atoms with van der Waals surface area (Å²) in [5, 5.41) is 15.9. The number of amides is 2. The average molecular weight is 593 g/mol. The Bertz CT molecular complexity index is 1950. The van der Waals surface area contributed by atoms with E-state index in [1.54, 1.807) is 37.5 Å². The minimum absolute atomic E-state index is 0.193. The van der Waals surface area contributed by atoms with Crippen molar-refractivity contribution in [3.8, 4) is 28.6 Å². The third-order valence-corrected chi connectivity index (χ3v) is 7.71. The summed E-state index contributed by atoms with van der Waals surface area (Å²) in [6.07, 6.45) is 6.57. The summed E-state index contributed by atoms with van der Waals surface area (Å²) < 4.78 is 35.0. The first-order valence-electron chi connectivity index (χ1n) is 13.9. The third-order valence-electron chi connectivity index (χ3n) is 7.71. The summed E-state index contributed by atoms with van der Waals surface area (Å²) in [5.74, 6) is -1.55. The number of furan rings is 1. The van der Waals surface area contributed by atoms with Crippen LogP contribution in [0, 0.1) is 23.1 Å². The van der Waals surface area contributed by atoms with Crippen LogP contribution in [0.5, 0.6) is 0 Å². The lowest BCUT2D eigenvalue weighted by Gasteiger charge is -2.19. The van der Waals surface area contributed by atoms with Crippen molar-refractivity contribution in [3.05, 3.63) is 102 Å². The number of fused-ring (bicyclic) bond motifs is 1. The van der Waals surface area contributed by atoms with Gasteiger partial charge in [0.15, 0.2) is 12.0 Å². The Morgan fingerprint density at radius 3 is 2.36 bits per heavy atom. The van der Waals surface area contributed by atoms with Crippen molar-refractivity contribution in [1.29, 1.82) is 5.26 Å². The van der Waals surface area contributed by atoms with Crippen LogP contribution in [0.15, 0.2) is 77.5 Å². The summed E-state index contributed by atoms with van der Waals surface area (Å²) in [5.41, 5.74) is 1.39. The fraction of sp³-hybridized carbons (Fsp3) is 0.182. The first-order valence-corrected chi connectivity index (χ1v) is 13.9. The van der Waals surface area contributed by atoms with Crippen LogP contribution >= 0.6 is 0 Å². The van der Waals surface area contributed by atoms with E-state index in [-0.39, 0.29) is 16.9 Å². The minimum atomic E-state index is -0.763. The van der Waals surface area contributed by atoms with Crippen molar-refractivity contribution in [2.24, 2.45) is 0 Å². The van der Waals surface area contributed by atoms with Crippen LogP contribution in [0.1, 0.15) is 46.3 Å². The Hall–Kier alpha value is -5.63. The molecule has 44 heavy (non-hydrogen) atoms. The Kier molecular flexibility index (Phi) is 7.27. The number of benzene rings is 3. The van der Waals surface area contributed by atoms with E-state index in [0.717, 1.165) is 0 Å². The van der Waals surface area contributed by atoms with Gasteiger partial charge in [0.05, 0.1) is 16.8 Å². The van der Waals surface area contributed by atoms with E-state index in [0.29, 0.717) is 58.6 Å². The fourth-order valence-corrected chi connectivity index (χ4v) is 5.26. The number of nitrogens with zero attached hydrogens (tertiary/aromatic N) is 4. The highest BCUT2D eigenvalue weighted by molar-refractivity contribution is 6.13.